The van der Waals surface area contributed by atoms with Gasteiger partial charge < -0.3 is 9.64 Å². The summed E-state index contributed by atoms with van der Waals surface area (Å²) in [6.07, 6.45) is 2.17. The topological polar surface area (TPSA) is 66.2 Å². The van der Waals surface area contributed by atoms with Crippen molar-refractivity contribution >= 4 is 22.4 Å². The van der Waals surface area contributed by atoms with Gasteiger partial charge in [0, 0.05) is 18.5 Å². The summed E-state index contributed by atoms with van der Waals surface area (Å²) in [5, 5.41) is 9.48. The quantitative estimate of drug-likeness (QED) is 0.772. The van der Waals surface area contributed by atoms with Gasteiger partial charge in [-0.2, -0.15) is 5.26 Å². The van der Waals surface area contributed by atoms with Crippen LogP contribution in [0.5, 0.6) is 0 Å². The number of carbonyl (C=O) groups excluding carboxylic acids is 1. The molecule has 5 nitrogen and oxygen atoms in total. The van der Waals surface area contributed by atoms with Crippen LogP contribution in [0.2, 0.25) is 0 Å². The third kappa shape index (κ3) is 2.87. The summed E-state index contributed by atoms with van der Waals surface area (Å²) in [7, 11) is 1.92. The van der Waals surface area contributed by atoms with Crippen molar-refractivity contribution in [2.75, 3.05) is 25.1 Å². The molecule has 1 heterocycles. The normalized spacial score (nSPS) is 16.8. The second-order valence-corrected chi connectivity index (χ2v) is 5.54. The van der Waals surface area contributed by atoms with E-state index in [9.17, 15) is 4.79 Å². The molecule has 1 aromatic rings. The third-order valence-corrected chi connectivity index (χ3v) is 4.41. The van der Waals surface area contributed by atoms with Gasteiger partial charge >= 0.3 is 5.97 Å². The first kappa shape index (κ1) is 13.8. The number of rotatable bonds is 5. The Morgan fingerprint density at radius 3 is 3.16 bits per heavy atom. The van der Waals surface area contributed by atoms with Crippen LogP contribution < -0.4 is 4.90 Å². The number of thiazole rings is 1. The Kier molecular flexibility index (Phi) is 4.38. The largest absolute Gasteiger partial charge is 0.465 e. The number of anilines is 1. The van der Waals surface area contributed by atoms with Crippen LogP contribution >= 0.6 is 11.3 Å². The van der Waals surface area contributed by atoms with Crippen LogP contribution in [0, 0.1) is 11.3 Å². The summed E-state index contributed by atoms with van der Waals surface area (Å²) in [6.45, 7) is 2.88. The van der Waals surface area contributed by atoms with Crippen LogP contribution in [0.4, 0.5) is 5.13 Å². The van der Waals surface area contributed by atoms with E-state index in [1.165, 1.54) is 4.88 Å². The smallest absolute Gasteiger partial charge is 0.315 e. The van der Waals surface area contributed by atoms with E-state index in [4.69, 9.17) is 10.00 Å². The van der Waals surface area contributed by atoms with E-state index in [1.54, 1.807) is 11.3 Å². The molecular formula is C13H17N3O2S. The molecule has 0 spiro atoms. The van der Waals surface area contributed by atoms with Crippen LogP contribution in [0.1, 0.15) is 36.3 Å². The van der Waals surface area contributed by atoms with Gasteiger partial charge in [0.2, 0.25) is 0 Å². The molecule has 6 heteroatoms. The summed E-state index contributed by atoms with van der Waals surface area (Å²) < 4.78 is 5.09. The molecule has 19 heavy (non-hydrogen) atoms. The molecule has 0 saturated heterocycles. The van der Waals surface area contributed by atoms with Crippen molar-refractivity contribution in [2.24, 2.45) is 0 Å². The standard InChI is InChI=1S/C13H17N3O2S/c1-3-18-12(17)9-5-6-10-11(9)15-13(19-10)16(2)8-4-7-14/h9H,3-6,8H2,1-2H3. The third-order valence-electron chi connectivity index (χ3n) is 3.16. The number of hydrogen-bond acceptors (Lipinski definition) is 6. The van der Waals surface area contributed by atoms with Crippen LogP contribution in [-0.4, -0.2) is 31.2 Å². The Labute approximate surface area is 116 Å². The lowest BCUT2D eigenvalue weighted by Crippen LogP contribution is -2.18. The molecule has 0 saturated carbocycles. The van der Waals surface area contributed by atoms with E-state index >= 15 is 0 Å². The number of carbonyl (C=O) groups is 1. The Hall–Kier alpha value is -1.61. The van der Waals surface area contributed by atoms with E-state index < -0.39 is 0 Å². The number of fused-ring (bicyclic) bond motifs is 1. The second kappa shape index (κ2) is 6.02. The average Bonchev–Trinajstić information content (AvgIpc) is 2.95. The number of nitriles is 1. The lowest BCUT2D eigenvalue weighted by molar-refractivity contribution is -0.145. The lowest BCUT2D eigenvalue weighted by atomic mass is 10.1. The molecule has 0 radical (unpaired) electrons. The van der Waals surface area contributed by atoms with Gasteiger partial charge in [-0.15, -0.1) is 11.3 Å². The van der Waals surface area contributed by atoms with E-state index in [0.717, 1.165) is 23.7 Å². The Morgan fingerprint density at radius 1 is 1.68 bits per heavy atom. The fourth-order valence-electron chi connectivity index (χ4n) is 2.16. The number of hydrogen-bond donors (Lipinski definition) is 0. The lowest BCUT2D eigenvalue weighted by Gasteiger charge is -2.14. The number of ether oxygens (including phenoxy) is 1. The maximum Gasteiger partial charge on any atom is 0.315 e. The number of aryl methyl sites for hydroxylation is 1. The first-order valence-corrected chi connectivity index (χ1v) is 7.23. The molecule has 2 rings (SSSR count). The molecule has 0 N–H and O–H groups in total. The molecule has 0 amide bonds. The SMILES string of the molecule is CCOC(=O)C1CCc2sc(N(C)CCC#N)nc21. The molecule has 1 unspecified atom stereocenters. The summed E-state index contributed by atoms with van der Waals surface area (Å²) >= 11 is 1.62. The summed E-state index contributed by atoms with van der Waals surface area (Å²) in [4.78, 5) is 19.6. The van der Waals surface area contributed by atoms with Gasteiger partial charge in [0.15, 0.2) is 5.13 Å². The highest BCUT2D eigenvalue weighted by Gasteiger charge is 2.33. The Balaban J connectivity index is 2.11. The molecule has 1 aliphatic carbocycles. The van der Waals surface area contributed by atoms with Crippen molar-refractivity contribution in [3.63, 3.8) is 0 Å². The van der Waals surface area contributed by atoms with E-state index in [2.05, 4.69) is 11.1 Å². The van der Waals surface area contributed by atoms with E-state index in [-0.39, 0.29) is 11.9 Å². The van der Waals surface area contributed by atoms with Crippen molar-refractivity contribution in [2.45, 2.75) is 32.1 Å². The highest BCUT2D eigenvalue weighted by Crippen LogP contribution is 2.39. The fourth-order valence-corrected chi connectivity index (χ4v) is 3.29. The van der Waals surface area contributed by atoms with Crippen molar-refractivity contribution < 1.29 is 9.53 Å². The van der Waals surface area contributed by atoms with Crippen LogP contribution in [0.3, 0.4) is 0 Å². The highest BCUT2D eigenvalue weighted by atomic mass is 32.1. The van der Waals surface area contributed by atoms with Crippen LogP contribution in [0.15, 0.2) is 0 Å². The predicted octanol–water partition coefficient (Wildman–Crippen LogP) is 2.09. The van der Waals surface area contributed by atoms with Gasteiger partial charge in [0.25, 0.3) is 0 Å². The molecule has 1 aromatic heterocycles. The average molecular weight is 279 g/mol. The molecule has 0 fully saturated rings. The minimum Gasteiger partial charge on any atom is -0.465 e. The van der Waals surface area contributed by atoms with Crippen LogP contribution in [0.25, 0.3) is 0 Å². The molecule has 0 aliphatic heterocycles. The first-order valence-electron chi connectivity index (χ1n) is 6.41. The predicted molar refractivity (Wildman–Crippen MR) is 73.3 cm³/mol. The van der Waals surface area contributed by atoms with Crippen molar-refractivity contribution in [1.29, 1.82) is 5.26 Å². The molecule has 1 aliphatic rings. The molecular weight excluding hydrogens is 262 g/mol. The molecule has 0 aromatic carbocycles. The van der Waals surface area contributed by atoms with Gasteiger partial charge in [-0.25, -0.2) is 4.98 Å². The Morgan fingerprint density at radius 2 is 2.47 bits per heavy atom. The minimum absolute atomic E-state index is 0.169. The van der Waals surface area contributed by atoms with Crippen LogP contribution in [-0.2, 0) is 16.0 Å². The molecule has 0 bridgehead atoms. The maximum atomic E-state index is 11.8. The molecule has 102 valence electrons. The van der Waals surface area contributed by atoms with E-state index in [1.807, 2.05) is 18.9 Å². The zero-order valence-corrected chi connectivity index (χ0v) is 12.0. The zero-order chi connectivity index (χ0) is 13.8. The van der Waals surface area contributed by atoms with Crippen molar-refractivity contribution in [3.8, 4) is 6.07 Å². The molecule has 1 atom stereocenters. The zero-order valence-electron chi connectivity index (χ0n) is 11.2. The monoisotopic (exact) mass is 279 g/mol. The summed E-state index contributed by atoms with van der Waals surface area (Å²) in [5.41, 5.74) is 0.877. The number of esters is 1. The van der Waals surface area contributed by atoms with Gasteiger partial charge in [-0.3, -0.25) is 4.79 Å². The Bertz CT molecular complexity index is 506. The summed E-state index contributed by atoms with van der Waals surface area (Å²) in [6, 6.07) is 2.12. The van der Waals surface area contributed by atoms with E-state index in [0.29, 0.717) is 19.6 Å². The highest BCUT2D eigenvalue weighted by molar-refractivity contribution is 7.15. The van der Waals surface area contributed by atoms with Gasteiger partial charge in [-0.1, -0.05) is 0 Å². The van der Waals surface area contributed by atoms with Gasteiger partial charge in [0.1, 0.15) is 5.92 Å². The van der Waals surface area contributed by atoms with Gasteiger partial charge in [0.05, 0.1) is 24.8 Å². The van der Waals surface area contributed by atoms with Crippen molar-refractivity contribution in [3.05, 3.63) is 10.6 Å². The second-order valence-electron chi connectivity index (χ2n) is 4.48. The first-order chi connectivity index (χ1) is 9.17. The minimum atomic E-state index is -0.204. The van der Waals surface area contributed by atoms with Crippen molar-refractivity contribution in [1.82, 2.24) is 4.98 Å². The summed E-state index contributed by atoms with van der Waals surface area (Å²) in [5.74, 6) is -0.373. The number of nitrogens with zero attached hydrogens (tertiary/aromatic N) is 3. The van der Waals surface area contributed by atoms with Gasteiger partial charge in [-0.05, 0) is 19.8 Å². The number of aromatic nitrogens is 1. The maximum absolute atomic E-state index is 11.8. The fraction of sp³-hybridized carbons (Fsp3) is 0.615.